The number of aryl methyl sites for hydroxylation is 1. The zero-order valence-corrected chi connectivity index (χ0v) is 25.6. The number of nitrogens with one attached hydrogen (secondary N) is 1. The van der Waals surface area contributed by atoms with Gasteiger partial charge in [-0.05, 0) is 67.3 Å². The van der Waals surface area contributed by atoms with Gasteiger partial charge in [0.1, 0.15) is 12.6 Å². The van der Waals surface area contributed by atoms with Crippen LogP contribution in [0.25, 0.3) is 0 Å². The van der Waals surface area contributed by atoms with Crippen molar-refractivity contribution in [1.29, 1.82) is 0 Å². The molecule has 0 aliphatic carbocycles. The molecule has 0 bridgehead atoms. The van der Waals surface area contributed by atoms with Gasteiger partial charge in [0.25, 0.3) is 10.0 Å². The highest BCUT2D eigenvalue weighted by atomic mass is 35.5. The van der Waals surface area contributed by atoms with E-state index in [1.807, 2.05) is 6.92 Å². The van der Waals surface area contributed by atoms with Crippen LogP contribution in [0.1, 0.15) is 37.8 Å². The monoisotopic (exact) mass is 623 g/mol. The van der Waals surface area contributed by atoms with Gasteiger partial charge in [-0.25, -0.2) is 8.42 Å². The van der Waals surface area contributed by atoms with Crippen molar-refractivity contribution in [2.45, 2.75) is 51.1 Å². The average Bonchev–Trinajstić information content (AvgIpc) is 2.94. The Morgan fingerprint density at radius 3 is 2.25 bits per heavy atom. The number of halogens is 3. The fraction of sp³-hybridized carbons (Fsp3) is 0.310. The van der Waals surface area contributed by atoms with Gasteiger partial charge in [0.05, 0.1) is 20.6 Å². The van der Waals surface area contributed by atoms with Crippen LogP contribution in [0.3, 0.4) is 0 Å². The number of rotatable bonds is 12. The van der Waals surface area contributed by atoms with Gasteiger partial charge in [-0.15, -0.1) is 0 Å². The Labute approximate surface area is 251 Å². The Balaban J connectivity index is 2.09. The summed E-state index contributed by atoms with van der Waals surface area (Å²) in [5.41, 5.74) is 1.52. The first kappa shape index (κ1) is 31.7. The summed E-state index contributed by atoms with van der Waals surface area (Å²) in [6, 6.07) is 16.8. The van der Waals surface area contributed by atoms with Gasteiger partial charge in [0.15, 0.2) is 0 Å². The SMILES string of the molecule is CCCNC(=O)[C@H](CC)N(Cc1ccc(Cl)c(Cl)c1)C(=O)CN(c1cc(Cl)ccc1C)S(=O)(=O)c1ccccc1. The minimum atomic E-state index is -4.19. The Hall–Kier alpha value is -2.78. The molecule has 11 heteroatoms. The number of hydrogen-bond acceptors (Lipinski definition) is 4. The van der Waals surface area contributed by atoms with Gasteiger partial charge < -0.3 is 10.2 Å². The summed E-state index contributed by atoms with van der Waals surface area (Å²) in [6.07, 6.45) is 1.03. The molecule has 2 amide bonds. The van der Waals surface area contributed by atoms with Crippen LogP contribution in [-0.2, 0) is 26.2 Å². The van der Waals surface area contributed by atoms with E-state index in [9.17, 15) is 18.0 Å². The summed E-state index contributed by atoms with van der Waals surface area (Å²) >= 11 is 18.6. The van der Waals surface area contributed by atoms with Gasteiger partial charge in [0.2, 0.25) is 11.8 Å². The lowest BCUT2D eigenvalue weighted by atomic mass is 10.1. The number of hydrogen-bond donors (Lipinski definition) is 1. The number of carbonyl (C=O) groups excluding carboxylic acids is 2. The third-order valence-corrected chi connectivity index (χ3v) is 9.07. The fourth-order valence-electron chi connectivity index (χ4n) is 4.20. The second-order valence-corrected chi connectivity index (χ2v) is 12.4. The van der Waals surface area contributed by atoms with Crippen molar-refractivity contribution in [3.05, 3.63) is 92.9 Å². The molecule has 0 unspecified atom stereocenters. The topological polar surface area (TPSA) is 86.8 Å². The highest BCUT2D eigenvalue weighted by Crippen LogP contribution is 2.30. The van der Waals surface area contributed by atoms with Crippen molar-refractivity contribution in [3.8, 4) is 0 Å². The molecule has 0 heterocycles. The minimum Gasteiger partial charge on any atom is -0.354 e. The van der Waals surface area contributed by atoms with Crippen LogP contribution >= 0.6 is 34.8 Å². The van der Waals surface area contributed by atoms with Crippen molar-refractivity contribution in [1.82, 2.24) is 10.2 Å². The number of nitrogens with zero attached hydrogens (tertiary/aromatic N) is 2. The van der Waals surface area contributed by atoms with Crippen molar-refractivity contribution < 1.29 is 18.0 Å². The average molecular weight is 625 g/mol. The number of carbonyl (C=O) groups is 2. The smallest absolute Gasteiger partial charge is 0.264 e. The maximum atomic E-state index is 14.1. The van der Waals surface area contributed by atoms with E-state index in [1.165, 1.54) is 23.1 Å². The predicted octanol–water partition coefficient (Wildman–Crippen LogP) is 6.48. The summed E-state index contributed by atoms with van der Waals surface area (Å²) in [7, 11) is -4.19. The molecule has 0 aliphatic heterocycles. The first-order valence-electron chi connectivity index (χ1n) is 12.8. The van der Waals surface area contributed by atoms with Gasteiger partial charge in [-0.3, -0.25) is 13.9 Å². The van der Waals surface area contributed by atoms with Gasteiger partial charge in [0, 0.05) is 18.1 Å². The molecule has 0 saturated carbocycles. The molecule has 3 aromatic carbocycles. The molecule has 0 aliphatic rings. The van der Waals surface area contributed by atoms with Crippen LogP contribution in [0, 0.1) is 6.92 Å². The maximum Gasteiger partial charge on any atom is 0.264 e. The summed E-state index contributed by atoms with van der Waals surface area (Å²) in [6.45, 7) is 5.37. The third-order valence-electron chi connectivity index (χ3n) is 6.32. The molecule has 40 heavy (non-hydrogen) atoms. The number of benzene rings is 3. The fourth-order valence-corrected chi connectivity index (χ4v) is 6.18. The first-order chi connectivity index (χ1) is 19.0. The third kappa shape index (κ3) is 7.69. The normalized spacial score (nSPS) is 12.1. The van der Waals surface area contributed by atoms with Gasteiger partial charge >= 0.3 is 0 Å². The molecule has 1 N–H and O–H groups in total. The molecule has 0 spiro atoms. The summed E-state index contributed by atoms with van der Waals surface area (Å²) < 4.78 is 28.9. The zero-order valence-electron chi connectivity index (χ0n) is 22.5. The molecule has 0 radical (unpaired) electrons. The van der Waals surface area contributed by atoms with Crippen LogP contribution < -0.4 is 9.62 Å². The number of amides is 2. The summed E-state index contributed by atoms with van der Waals surface area (Å²) in [5.74, 6) is -0.891. The molecule has 214 valence electrons. The first-order valence-corrected chi connectivity index (χ1v) is 15.4. The van der Waals surface area contributed by atoms with Crippen LogP contribution in [0.2, 0.25) is 15.1 Å². The highest BCUT2D eigenvalue weighted by molar-refractivity contribution is 7.92. The quantitative estimate of drug-likeness (QED) is 0.250. The zero-order chi connectivity index (χ0) is 29.4. The molecular weight excluding hydrogens is 593 g/mol. The van der Waals surface area contributed by atoms with E-state index >= 15 is 0 Å². The van der Waals surface area contributed by atoms with E-state index < -0.39 is 28.5 Å². The van der Waals surface area contributed by atoms with Crippen molar-refractivity contribution in [2.75, 3.05) is 17.4 Å². The van der Waals surface area contributed by atoms with E-state index in [-0.39, 0.29) is 23.0 Å². The predicted molar refractivity (Wildman–Crippen MR) is 162 cm³/mol. The van der Waals surface area contributed by atoms with E-state index in [0.717, 1.165) is 10.7 Å². The lowest BCUT2D eigenvalue weighted by molar-refractivity contribution is -0.140. The molecule has 1 atom stereocenters. The highest BCUT2D eigenvalue weighted by Gasteiger charge is 2.34. The minimum absolute atomic E-state index is 0.0154. The Bertz CT molecular complexity index is 1450. The molecule has 0 fully saturated rings. The summed E-state index contributed by atoms with van der Waals surface area (Å²) in [4.78, 5) is 28.7. The largest absolute Gasteiger partial charge is 0.354 e. The molecule has 3 rings (SSSR count). The van der Waals surface area contributed by atoms with Crippen molar-refractivity contribution in [3.63, 3.8) is 0 Å². The van der Waals surface area contributed by atoms with Crippen LogP contribution in [0.4, 0.5) is 5.69 Å². The lowest BCUT2D eigenvalue weighted by Gasteiger charge is -2.33. The van der Waals surface area contributed by atoms with E-state index in [0.29, 0.717) is 39.2 Å². The van der Waals surface area contributed by atoms with Gasteiger partial charge in [-0.1, -0.05) is 79.0 Å². The lowest BCUT2D eigenvalue weighted by Crippen LogP contribution is -2.52. The second kappa shape index (κ2) is 14.2. The molecule has 0 saturated heterocycles. The number of sulfonamides is 1. The maximum absolute atomic E-state index is 14.1. The molecular formula is C29H32Cl3N3O4S. The van der Waals surface area contributed by atoms with Crippen LogP contribution in [-0.4, -0.2) is 44.3 Å². The van der Waals surface area contributed by atoms with Crippen molar-refractivity contribution in [2.24, 2.45) is 0 Å². The van der Waals surface area contributed by atoms with Crippen molar-refractivity contribution >= 4 is 62.3 Å². The Morgan fingerprint density at radius 1 is 0.925 bits per heavy atom. The Kier molecular flexibility index (Phi) is 11.3. The van der Waals surface area contributed by atoms with Gasteiger partial charge in [-0.2, -0.15) is 0 Å². The Morgan fingerprint density at radius 2 is 1.62 bits per heavy atom. The van der Waals surface area contributed by atoms with E-state index in [1.54, 1.807) is 62.4 Å². The molecule has 7 nitrogen and oxygen atoms in total. The van der Waals surface area contributed by atoms with E-state index in [4.69, 9.17) is 34.8 Å². The molecule has 0 aromatic heterocycles. The second-order valence-electron chi connectivity index (χ2n) is 9.24. The standard InChI is InChI=1S/C29H32Cl3N3O4S/c1-4-15-33-29(37)26(5-2)34(18-21-12-14-24(31)25(32)16-21)28(36)19-35(27-17-22(30)13-11-20(27)3)40(38,39)23-9-7-6-8-10-23/h6-14,16-17,26H,4-5,15,18-19H2,1-3H3,(H,33,37)/t26-/m0/s1. The molecule has 3 aromatic rings. The van der Waals surface area contributed by atoms with Crippen LogP contribution in [0.15, 0.2) is 71.6 Å². The summed E-state index contributed by atoms with van der Waals surface area (Å²) in [5, 5.41) is 3.83. The van der Waals surface area contributed by atoms with E-state index in [2.05, 4.69) is 5.32 Å². The number of anilines is 1. The van der Waals surface area contributed by atoms with Crippen LogP contribution in [0.5, 0.6) is 0 Å².